The fourth-order valence-electron chi connectivity index (χ4n) is 1.45. The summed E-state index contributed by atoms with van der Waals surface area (Å²) in [6.07, 6.45) is 1.87. The fourth-order valence-corrected chi connectivity index (χ4v) is 1.85. The smallest absolute Gasteiger partial charge is 0.293 e. The van der Waals surface area contributed by atoms with Crippen LogP contribution in [0.5, 0.6) is 0 Å². The van der Waals surface area contributed by atoms with Gasteiger partial charge in [-0.25, -0.2) is 0 Å². The van der Waals surface area contributed by atoms with Crippen LogP contribution in [-0.2, 0) is 15.1 Å². The highest BCUT2D eigenvalue weighted by Crippen LogP contribution is 2.49. The number of rotatable bonds is 3. The molecule has 3 heteroatoms. The number of carbonyl (C=O) groups is 1. The van der Waals surface area contributed by atoms with Crippen LogP contribution in [0.4, 0.5) is 0 Å². The second-order valence-electron chi connectivity index (χ2n) is 3.22. The molecule has 68 valence electrons. The van der Waals surface area contributed by atoms with Gasteiger partial charge in [0.15, 0.2) is 0 Å². The summed E-state index contributed by atoms with van der Waals surface area (Å²) in [4.78, 5) is 10.3. The highest BCUT2D eigenvalue weighted by atomic mass is 79.9. The summed E-state index contributed by atoms with van der Waals surface area (Å²) < 4.78 is 6.10. The molecule has 13 heavy (non-hydrogen) atoms. The number of hydrogen-bond donors (Lipinski definition) is 0. The first-order valence-electron chi connectivity index (χ1n) is 4.14. The van der Waals surface area contributed by atoms with Gasteiger partial charge < -0.3 is 4.74 Å². The molecule has 0 atom stereocenters. The second kappa shape index (κ2) is 3.14. The summed E-state index contributed by atoms with van der Waals surface area (Å²) in [6.45, 7) is 0.536. The van der Waals surface area contributed by atoms with Crippen LogP contribution < -0.4 is 0 Å². The van der Waals surface area contributed by atoms with Crippen molar-refractivity contribution in [2.24, 2.45) is 0 Å². The molecule has 1 aromatic carbocycles. The molecule has 0 radical (unpaired) electrons. The van der Waals surface area contributed by atoms with Crippen molar-refractivity contribution < 1.29 is 9.53 Å². The molecule has 1 aliphatic rings. The van der Waals surface area contributed by atoms with E-state index in [1.54, 1.807) is 0 Å². The van der Waals surface area contributed by atoms with Crippen molar-refractivity contribution in [3.05, 3.63) is 34.3 Å². The van der Waals surface area contributed by atoms with E-state index in [1.165, 1.54) is 0 Å². The summed E-state index contributed by atoms with van der Waals surface area (Å²) in [7, 11) is 0. The van der Waals surface area contributed by atoms with Crippen LogP contribution in [0.2, 0.25) is 0 Å². The highest BCUT2D eigenvalue weighted by molar-refractivity contribution is 9.10. The van der Waals surface area contributed by atoms with E-state index in [4.69, 9.17) is 4.74 Å². The fraction of sp³-hybridized carbons (Fsp3) is 0.300. The lowest BCUT2D eigenvalue weighted by atomic mass is 10.1. The summed E-state index contributed by atoms with van der Waals surface area (Å²) in [5.74, 6) is 0. The molecule has 2 rings (SSSR count). The topological polar surface area (TPSA) is 26.3 Å². The van der Waals surface area contributed by atoms with Crippen LogP contribution in [0, 0.1) is 0 Å². The number of carbonyl (C=O) groups excluding carboxylic acids is 1. The molecule has 1 aromatic rings. The monoisotopic (exact) mass is 240 g/mol. The predicted molar refractivity (Wildman–Crippen MR) is 52.2 cm³/mol. The Hall–Kier alpha value is -0.830. The molecule has 0 N–H and O–H groups in total. The minimum atomic E-state index is -0.314. The number of ether oxygens (including phenoxy) is 1. The van der Waals surface area contributed by atoms with E-state index >= 15 is 0 Å². The highest BCUT2D eigenvalue weighted by Gasteiger charge is 2.46. The summed E-state index contributed by atoms with van der Waals surface area (Å²) >= 11 is 3.39. The maximum absolute atomic E-state index is 10.3. The predicted octanol–water partition coefficient (Wildman–Crippen LogP) is 2.61. The van der Waals surface area contributed by atoms with E-state index in [2.05, 4.69) is 15.9 Å². The lowest BCUT2D eigenvalue weighted by Gasteiger charge is -2.13. The average Bonchev–Trinajstić information content (AvgIpc) is 2.86. The third-order valence-corrected chi connectivity index (χ3v) is 2.82. The van der Waals surface area contributed by atoms with Crippen molar-refractivity contribution in [2.75, 3.05) is 0 Å². The van der Waals surface area contributed by atoms with Gasteiger partial charge in [-0.1, -0.05) is 28.1 Å². The Kier molecular flexibility index (Phi) is 2.12. The number of benzene rings is 1. The lowest BCUT2D eigenvalue weighted by molar-refractivity contribution is -0.136. The molecule has 1 fully saturated rings. The van der Waals surface area contributed by atoms with Gasteiger partial charge in [-0.05, 0) is 30.5 Å². The summed E-state index contributed by atoms with van der Waals surface area (Å²) in [5, 5.41) is 0. The van der Waals surface area contributed by atoms with Crippen molar-refractivity contribution in [1.82, 2.24) is 0 Å². The minimum Gasteiger partial charge on any atom is -0.456 e. The normalized spacial score (nSPS) is 17.9. The Morgan fingerprint density at radius 2 is 2.23 bits per heavy atom. The van der Waals surface area contributed by atoms with Gasteiger partial charge in [-0.2, -0.15) is 0 Å². The summed E-state index contributed by atoms with van der Waals surface area (Å²) in [5.41, 5.74) is 0.764. The number of hydrogen-bond acceptors (Lipinski definition) is 2. The van der Waals surface area contributed by atoms with Gasteiger partial charge in [0.2, 0.25) is 0 Å². The minimum absolute atomic E-state index is 0.314. The van der Waals surface area contributed by atoms with Gasteiger partial charge in [0.25, 0.3) is 6.47 Å². The van der Waals surface area contributed by atoms with Crippen molar-refractivity contribution in [3.63, 3.8) is 0 Å². The van der Waals surface area contributed by atoms with E-state index < -0.39 is 0 Å². The molecule has 2 nitrogen and oxygen atoms in total. The lowest BCUT2D eigenvalue weighted by Crippen LogP contribution is -2.10. The molecule has 0 amide bonds. The van der Waals surface area contributed by atoms with E-state index in [0.29, 0.717) is 6.47 Å². The molecule has 1 saturated carbocycles. The zero-order valence-corrected chi connectivity index (χ0v) is 8.58. The molecular weight excluding hydrogens is 232 g/mol. The van der Waals surface area contributed by atoms with Gasteiger partial charge in [0, 0.05) is 4.47 Å². The third kappa shape index (κ3) is 1.61. The van der Waals surface area contributed by atoms with Gasteiger partial charge in [0.1, 0.15) is 5.60 Å². The number of halogens is 1. The first-order chi connectivity index (χ1) is 6.27. The van der Waals surface area contributed by atoms with E-state index in [0.717, 1.165) is 22.9 Å². The Morgan fingerprint density at radius 3 is 2.77 bits per heavy atom. The van der Waals surface area contributed by atoms with Gasteiger partial charge >= 0.3 is 0 Å². The Morgan fingerprint density at radius 1 is 1.46 bits per heavy atom. The molecule has 0 saturated heterocycles. The standard InChI is InChI=1S/C10H9BrO2/c11-9-3-1-2-8(6-9)10(4-5-10)13-7-12/h1-3,6-7H,4-5H2. The molecule has 0 heterocycles. The van der Waals surface area contributed by atoms with Crippen molar-refractivity contribution >= 4 is 22.4 Å². The first kappa shape index (κ1) is 8.75. The van der Waals surface area contributed by atoms with Crippen LogP contribution in [0.1, 0.15) is 18.4 Å². The SMILES string of the molecule is O=COC1(c2cccc(Br)c2)CC1. The van der Waals surface area contributed by atoms with Gasteiger partial charge in [-0.3, -0.25) is 4.79 Å². The largest absolute Gasteiger partial charge is 0.456 e. The van der Waals surface area contributed by atoms with Gasteiger partial charge in [0.05, 0.1) is 0 Å². The molecule has 1 aliphatic carbocycles. The maximum atomic E-state index is 10.3. The van der Waals surface area contributed by atoms with E-state index in [-0.39, 0.29) is 5.60 Å². The van der Waals surface area contributed by atoms with Gasteiger partial charge in [-0.15, -0.1) is 0 Å². The Labute approximate surface area is 85.0 Å². The molecular formula is C10H9BrO2. The molecule has 0 spiro atoms. The summed E-state index contributed by atoms with van der Waals surface area (Å²) in [6, 6.07) is 7.89. The van der Waals surface area contributed by atoms with Crippen molar-refractivity contribution in [3.8, 4) is 0 Å². The van der Waals surface area contributed by atoms with E-state index in [1.807, 2.05) is 24.3 Å². The molecule has 0 aliphatic heterocycles. The molecule has 0 aromatic heterocycles. The second-order valence-corrected chi connectivity index (χ2v) is 4.13. The van der Waals surface area contributed by atoms with Crippen molar-refractivity contribution in [2.45, 2.75) is 18.4 Å². The Bertz CT molecular complexity index is 331. The van der Waals surface area contributed by atoms with Crippen molar-refractivity contribution in [1.29, 1.82) is 0 Å². The van der Waals surface area contributed by atoms with Crippen LogP contribution >= 0.6 is 15.9 Å². The molecule has 0 bridgehead atoms. The maximum Gasteiger partial charge on any atom is 0.293 e. The van der Waals surface area contributed by atoms with Crippen LogP contribution in [0.15, 0.2) is 28.7 Å². The Balaban J connectivity index is 2.29. The average molecular weight is 241 g/mol. The van der Waals surface area contributed by atoms with Crippen LogP contribution in [0.3, 0.4) is 0 Å². The molecule has 0 unspecified atom stereocenters. The first-order valence-corrected chi connectivity index (χ1v) is 4.94. The zero-order chi connectivity index (χ0) is 9.31. The third-order valence-electron chi connectivity index (χ3n) is 2.33. The zero-order valence-electron chi connectivity index (χ0n) is 7.00. The quantitative estimate of drug-likeness (QED) is 0.760. The van der Waals surface area contributed by atoms with Crippen LogP contribution in [0.25, 0.3) is 0 Å². The van der Waals surface area contributed by atoms with E-state index in [9.17, 15) is 4.79 Å². The van der Waals surface area contributed by atoms with Crippen LogP contribution in [-0.4, -0.2) is 6.47 Å².